The fourth-order valence-electron chi connectivity index (χ4n) is 5.08. The van der Waals surface area contributed by atoms with Crippen molar-refractivity contribution in [3.8, 4) is 0 Å². The second kappa shape index (κ2) is 6.52. The quantitative estimate of drug-likeness (QED) is 0.751. The lowest BCUT2D eigenvalue weighted by atomic mass is 9.71. The average molecular weight is 285 g/mol. The Morgan fingerprint density at radius 3 is 2.67 bits per heavy atom. The Morgan fingerprint density at radius 2 is 1.95 bits per heavy atom. The van der Waals surface area contributed by atoms with Crippen LogP contribution in [-0.2, 0) is 5.41 Å². The van der Waals surface area contributed by atoms with Gasteiger partial charge in [-0.1, -0.05) is 57.0 Å². The van der Waals surface area contributed by atoms with Gasteiger partial charge in [-0.2, -0.15) is 0 Å². The Labute approximate surface area is 130 Å². The van der Waals surface area contributed by atoms with Crippen molar-refractivity contribution in [1.82, 2.24) is 4.90 Å². The van der Waals surface area contributed by atoms with Crippen molar-refractivity contribution in [3.05, 3.63) is 35.9 Å². The van der Waals surface area contributed by atoms with Crippen LogP contribution in [0, 0.1) is 5.92 Å². The Kier molecular flexibility index (Phi) is 4.69. The largest absolute Gasteiger partial charge is 0.299 e. The zero-order valence-corrected chi connectivity index (χ0v) is 13.9. The van der Waals surface area contributed by atoms with Crippen molar-refractivity contribution < 1.29 is 0 Å². The molecule has 3 rings (SSSR count). The molecule has 2 aliphatic rings. The summed E-state index contributed by atoms with van der Waals surface area (Å²) in [6, 6.07) is 12.2. The third-order valence-electron chi connectivity index (χ3n) is 5.91. The second-order valence-electron chi connectivity index (χ2n) is 7.42. The minimum atomic E-state index is 0.424. The van der Waals surface area contributed by atoms with Gasteiger partial charge in [0.25, 0.3) is 0 Å². The van der Waals surface area contributed by atoms with Crippen LogP contribution in [0.4, 0.5) is 0 Å². The van der Waals surface area contributed by atoms with Gasteiger partial charge in [-0.15, -0.1) is 0 Å². The molecule has 0 aromatic heterocycles. The number of hydrogen-bond acceptors (Lipinski definition) is 1. The van der Waals surface area contributed by atoms with Crippen LogP contribution in [0.2, 0.25) is 0 Å². The summed E-state index contributed by atoms with van der Waals surface area (Å²) in [7, 11) is 0. The molecular weight excluding hydrogens is 254 g/mol. The van der Waals surface area contributed by atoms with E-state index in [1.54, 1.807) is 5.56 Å². The highest BCUT2D eigenvalue weighted by Crippen LogP contribution is 2.47. The van der Waals surface area contributed by atoms with Crippen molar-refractivity contribution in [2.45, 2.75) is 70.3 Å². The topological polar surface area (TPSA) is 3.24 Å². The summed E-state index contributed by atoms with van der Waals surface area (Å²) in [5.41, 5.74) is 2.03. The summed E-state index contributed by atoms with van der Waals surface area (Å²) >= 11 is 0. The number of rotatable bonds is 4. The van der Waals surface area contributed by atoms with Gasteiger partial charge in [0.15, 0.2) is 0 Å². The number of likely N-dealkylation sites (tertiary alicyclic amines) is 1. The number of nitrogens with zero attached hydrogens (tertiary/aromatic N) is 1. The van der Waals surface area contributed by atoms with E-state index >= 15 is 0 Å². The minimum Gasteiger partial charge on any atom is -0.299 e. The van der Waals surface area contributed by atoms with E-state index in [1.165, 1.54) is 58.0 Å². The molecule has 2 fully saturated rings. The van der Waals surface area contributed by atoms with Gasteiger partial charge < -0.3 is 0 Å². The fourth-order valence-corrected chi connectivity index (χ4v) is 5.08. The summed E-state index contributed by atoms with van der Waals surface area (Å²) < 4.78 is 0. The molecule has 1 nitrogen and oxygen atoms in total. The lowest BCUT2D eigenvalue weighted by molar-refractivity contribution is 0.0853. The standard InChI is InChI=1S/C20H31N/c1-3-13-20(18-10-5-4-6-11-18)14-7-12-19(20)21-15-8-9-17(2)16-21/h4-6,10-11,17,19H,3,7-9,12-16H2,1-2H3. The molecular formula is C20H31N. The molecule has 1 heteroatoms. The molecule has 0 spiro atoms. The van der Waals surface area contributed by atoms with Gasteiger partial charge in [-0.3, -0.25) is 4.90 Å². The number of hydrogen-bond donors (Lipinski definition) is 0. The van der Waals surface area contributed by atoms with Crippen LogP contribution in [0.25, 0.3) is 0 Å². The first-order valence-corrected chi connectivity index (χ1v) is 9.06. The Bertz CT molecular complexity index is 440. The molecule has 1 heterocycles. The second-order valence-corrected chi connectivity index (χ2v) is 7.42. The van der Waals surface area contributed by atoms with Gasteiger partial charge >= 0.3 is 0 Å². The van der Waals surface area contributed by atoms with Gasteiger partial charge in [0.2, 0.25) is 0 Å². The molecule has 1 aliphatic carbocycles. The first kappa shape index (κ1) is 15.1. The molecule has 3 unspecified atom stereocenters. The normalized spacial score (nSPS) is 34.2. The number of benzene rings is 1. The molecule has 0 N–H and O–H groups in total. The maximum Gasteiger partial charge on any atom is 0.0192 e. The van der Waals surface area contributed by atoms with Crippen LogP contribution in [-0.4, -0.2) is 24.0 Å². The molecule has 1 aliphatic heterocycles. The van der Waals surface area contributed by atoms with Crippen LogP contribution in [0.5, 0.6) is 0 Å². The van der Waals surface area contributed by atoms with E-state index in [4.69, 9.17) is 0 Å². The van der Waals surface area contributed by atoms with E-state index in [9.17, 15) is 0 Å². The predicted molar refractivity (Wildman–Crippen MR) is 90.6 cm³/mol. The van der Waals surface area contributed by atoms with Crippen molar-refractivity contribution in [2.75, 3.05) is 13.1 Å². The van der Waals surface area contributed by atoms with Gasteiger partial charge in [0, 0.05) is 18.0 Å². The first-order chi connectivity index (χ1) is 10.3. The molecule has 116 valence electrons. The highest BCUT2D eigenvalue weighted by molar-refractivity contribution is 5.29. The summed E-state index contributed by atoms with van der Waals surface area (Å²) in [4.78, 5) is 2.85. The summed E-state index contributed by atoms with van der Waals surface area (Å²) in [6.45, 7) is 7.44. The molecule has 1 aromatic carbocycles. The summed E-state index contributed by atoms with van der Waals surface area (Å²) in [6.07, 6.45) is 9.68. The van der Waals surface area contributed by atoms with E-state index < -0.39 is 0 Å². The molecule has 0 radical (unpaired) electrons. The van der Waals surface area contributed by atoms with Gasteiger partial charge in [0.1, 0.15) is 0 Å². The van der Waals surface area contributed by atoms with Crippen molar-refractivity contribution in [2.24, 2.45) is 5.92 Å². The minimum absolute atomic E-state index is 0.424. The Balaban J connectivity index is 1.90. The van der Waals surface area contributed by atoms with Crippen LogP contribution in [0.3, 0.4) is 0 Å². The highest BCUT2D eigenvalue weighted by atomic mass is 15.2. The van der Waals surface area contributed by atoms with E-state index in [1.807, 2.05) is 0 Å². The van der Waals surface area contributed by atoms with Crippen molar-refractivity contribution >= 4 is 0 Å². The molecule has 3 atom stereocenters. The van der Waals surface area contributed by atoms with Gasteiger partial charge in [-0.25, -0.2) is 0 Å². The van der Waals surface area contributed by atoms with Gasteiger partial charge in [0.05, 0.1) is 0 Å². The highest BCUT2D eigenvalue weighted by Gasteiger charge is 2.46. The molecule has 0 amide bonds. The predicted octanol–water partition coefficient (Wildman–Crippen LogP) is 5.01. The molecule has 1 saturated carbocycles. The van der Waals surface area contributed by atoms with Gasteiger partial charge in [-0.05, 0) is 50.1 Å². The van der Waals surface area contributed by atoms with Crippen LogP contribution >= 0.6 is 0 Å². The average Bonchev–Trinajstić information content (AvgIpc) is 2.93. The van der Waals surface area contributed by atoms with Crippen molar-refractivity contribution in [3.63, 3.8) is 0 Å². The summed E-state index contributed by atoms with van der Waals surface area (Å²) in [5, 5.41) is 0. The number of piperidine rings is 1. The lowest BCUT2D eigenvalue weighted by Crippen LogP contribution is -2.50. The van der Waals surface area contributed by atoms with Crippen LogP contribution in [0.15, 0.2) is 30.3 Å². The van der Waals surface area contributed by atoms with E-state index in [2.05, 4.69) is 49.1 Å². The fraction of sp³-hybridized carbons (Fsp3) is 0.700. The smallest absolute Gasteiger partial charge is 0.0192 e. The molecule has 1 saturated heterocycles. The Morgan fingerprint density at radius 1 is 1.14 bits per heavy atom. The maximum atomic E-state index is 2.85. The molecule has 1 aromatic rings. The van der Waals surface area contributed by atoms with E-state index in [-0.39, 0.29) is 0 Å². The Hall–Kier alpha value is -0.820. The zero-order valence-electron chi connectivity index (χ0n) is 13.9. The first-order valence-electron chi connectivity index (χ1n) is 9.06. The van der Waals surface area contributed by atoms with Crippen LogP contribution in [0.1, 0.15) is 64.4 Å². The monoisotopic (exact) mass is 285 g/mol. The van der Waals surface area contributed by atoms with Crippen molar-refractivity contribution in [1.29, 1.82) is 0 Å². The lowest BCUT2D eigenvalue weighted by Gasteiger charge is -2.45. The SMILES string of the molecule is CCCC1(c2ccccc2)CCCC1N1CCCC(C)C1. The third-order valence-corrected chi connectivity index (χ3v) is 5.91. The van der Waals surface area contributed by atoms with Crippen LogP contribution < -0.4 is 0 Å². The van der Waals surface area contributed by atoms with E-state index in [0.717, 1.165) is 12.0 Å². The molecule has 21 heavy (non-hydrogen) atoms. The summed E-state index contributed by atoms with van der Waals surface area (Å²) in [5.74, 6) is 0.884. The van der Waals surface area contributed by atoms with E-state index in [0.29, 0.717) is 5.41 Å². The zero-order chi connectivity index (χ0) is 14.7. The third kappa shape index (κ3) is 2.90. The molecule has 0 bridgehead atoms. The maximum absolute atomic E-state index is 2.85.